The standard InChI is InChI=1S/C28H30ClFN2O3/c1-18-12-19(8-10-25(18)30)21-13-22(17-32(16-21)15-20-6-4-5-7-24(20)29)28(33)31-26-11-9-23(34-2)14-27(26)35-3/h4-12,14,21-22H,13,15-17H2,1-3H3,(H,31,33)/t21-,22+/m1/s1. The van der Waals surface area contributed by atoms with Crippen LogP contribution in [0.3, 0.4) is 0 Å². The molecule has 35 heavy (non-hydrogen) atoms. The highest BCUT2D eigenvalue weighted by Gasteiger charge is 2.33. The number of likely N-dealkylation sites (tertiary alicyclic amines) is 1. The van der Waals surface area contributed by atoms with Crippen LogP contribution < -0.4 is 14.8 Å². The number of carbonyl (C=O) groups excluding carboxylic acids is 1. The Balaban J connectivity index is 1.58. The van der Waals surface area contributed by atoms with E-state index in [4.69, 9.17) is 21.1 Å². The van der Waals surface area contributed by atoms with Crippen molar-refractivity contribution in [2.45, 2.75) is 25.8 Å². The number of methoxy groups -OCH3 is 2. The first-order valence-electron chi connectivity index (χ1n) is 11.6. The number of rotatable bonds is 7. The van der Waals surface area contributed by atoms with Crippen LogP contribution >= 0.6 is 11.6 Å². The first-order chi connectivity index (χ1) is 16.9. The number of nitrogens with one attached hydrogen (secondary N) is 1. The van der Waals surface area contributed by atoms with Gasteiger partial charge in [0.05, 0.1) is 25.8 Å². The van der Waals surface area contributed by atoms with Gasteiger partial charge in [-0.25, -0.2) is 4.39 Å². The molecule has 3 aromatic rings. The predicted octanol–water partition coefficient (Wildman–Crippen LogP) is 6.05. The van der Waals surface area contributed by atoms with E-state index in [0.29, 0.717) is 47.3 Å². The lowest BCUT2D eigenvalue weighted by atomic mass is 9.83. The minimum Gasteiger partial charge on any atom is -0.497 e. The summed E-state index contributed by atoms with van der Waals surface area (Å²) in [6, 6.07) is 18.3. The minimum atomic E-state index is -0.270. The van der Waals surface area contributed by atoms with Crippen molar-refractivity contribution in [1.82, 2.24) is 4.90 Å². The topological polar surface area (TPSA) is 50.8 Å². The maximum absolute atomic E-state index is 13.9. The van der Waals surface area contributed by atoms with Gasteiger partial charge < -0.3 is 14.8 Å². The molecule has 0 aliphatic carbocycles. The van der Waals surface area contributed by atoms with E-state index in [1.165, 1.54) is 6.07 Å². The molecule has 0 spiro atoms. The second-order valence-electron chi connectivity index (χ2n) is 8.98. The lowest BCUT2D eigenvalue weighted by Crippen LogP contribution is -2.43. The summed E-state index contributed by atoms with van der Waals surface area (Å²) >= 11 is 6.43. The molecule has 0 radical (unpaired) electrons. The summed E-state index contributed by atoms with van der Waals surface area (Å²) in [5, 5.41) is 3.74. The summed E-state index contributed by atoms with van der Waals surface area (Å²) < 4.78 is 24.6. The molecule has 1 N–H and O–H groups in total. The molecule has 0 saturated carbocycles. The molecule has 1 amide bonds. The maximum atomic E-state index is 13.9. The van der Waals surface area contributed by atoms with E-state index in [-0.39, 0.29) is 23.6 Å². The van der Waals surface area contributed by atoms with Crippen molar-refractivity contribution in [1.29, 1.82) is 0 Å². The number of hydrogen-bond donors (Lipinski definition) is 1. The second kappa shape index (κ2) is 11.1. The normalized spacial score (nSPS) is 18.2. The molecule has 0 aromatic heterocycles. The molecule has 3 aromatic carbocycles. The van der Waals surface area contributed by atoms with E-state index < -0.39 is 0 Å². The molecule has 0 bridgehead atoms. The van der Waals surface area contributed by atoms with Gasteiger partial charge in [-0.2, -0.15) is 0 Å². The Kier molecular flexibility index (Phi) is 7.93. The number of piperidine rings is 1. The van der Waals surface area contributed by atoms with Crippen LogP contribution in [0.15, 0.2) is 60.7 Å². The summed E-state index contributed by atoms with van der Waals surface area (Å²) in [4.78, 5) is 15.7. The van der Waals surface area contributed by atoms with Crippen LogP contribution in [0.5, 0.6) is 11.5 Å². The zero-order chi connectivity index (χ0) is 24.9. The van der Waals surface area contributed by atoms with Crippen molar-refractivity contribution >= 4 is 23.2 Å². The van der Waals surface area contributed by atoms with Gasteiger partial charge in [-0.05, 0) is 60.2 Å². The molecule has 7 heteroatoms. The zero-order valence-corrected chi connectivity index (χ0v) is 20.9. The van der Waals surface area contributed by atoms with Crippen LogP contribution in [-0.4, -0.2) is 38.1 Å². The number of benzene rings is 3. The Morgan fingerprint density at radius 3 is 2.60 bits per heavy atom. The van der Waals surface area contributed by atoms with Crippen molar-refractivity contribution in [2.24, 2.45) is 5.92 Å². The highest BCUT2D eigenvalue weighted by molar-refractivity contribution is 6.31. The first-order valence-corrected chi connectivity index (χ1v) is 12.0. The van der Waals surface area contributed by atoms with E-state index in [0.717, 1.165) is 17.7 Å². The van der Waals surface area contributed by atoms with Gasteiger partial charge in [-0.3, -0.25) is 9.69 Å². The number of halogens is 2. The van der Waals surface area contributed by atoms with Crippen molar-refractivity contribution < 1.29 is 18.7 Å². The number of hydrogen-bond acceptors (Lipinski definition) is 4. The molecule has 1 heterocycles. The highest BCUT2D eigenvalue weighted by atomic mass is 35.5. The fourth-order valence-electron chi connectivity index (χ4n) is 4.68. The lowest BCUT2D eigenvalue weighted by molar-refractivity contribution is -0.121. The van der Waals surface area contributed by atoms with Crippen molar-refractivity contribution in [2.75, 3.05) is 32.6 Å². The third-order valence-corrected chi connectivity index (χ3v) is 6.94. The number of ether oxygens (including phenoxy) is 2. The van der Waals surface area contributed by atoms with Crippen LogP contribution in [0.2, 0.25) is 5.02 Å². The smallest absolute Gasteiger partial charge is 0.228 e. The number of carbonyl (C=O) groups is 1. The molecule has 1 fully saturated rings. The minimum absolute atomic E-state index is 0.0823. The van der Waals surface area contributed by atoms with Gasteiger partial charge in [-0.15, -0.1) is 0 Å². The van der Waals surface area contributed by atoms with E-state index in [9.17, 15) is 9.18 Å². The van der Waals surface area contributed by atoms with Crippen molar-refractivity contribution in [3.8, 4) is 11.5 Å². The van der Waals surface area contributed by atoms with Gasteiger partial charge in [0, 0.05) is 30.7 Å². The van der Waals surface area contributed by atoms with Crippen molar-refractivity contribution in [3.05, 3.63) is 88.2 Å². The molecule has 2 atom stereocenters. The number of aryl methyl sites for hydroxylation is 1. The zero-order valence-electron chi connectivity index (χ0n) is 20.2. The van der Waals surface area contributed by atoms with Gasteiger partial charge in [0.15, 0.2) is 0 Å². The Morgan fingerprint density at radius 1 is 1.09 bits per heavy atom. The molecule has 1 aliphatic heterocycles. The highest BCUT2D eigenvalue weighted by Crippen LogP contribution is 2.35. The molecular weight excluding hydrogens is 467 g/mol. The van der Waals surface area contributed by atoms with E-state index in [1.807, 2.05) is 36.4 Å². The van der Waals surface area contributed by atoms with Crippen LogP contribution in [0.1, 0.15) is 29.0 Å². The van der Waals surface area contributed by atoms with Gasteiger partial charge in [-0.1, -0.05) is 41.9 Å². The monoisotopic (exact) mass is 496 g/mol. The van der Waals surface area contributed by atoms with E-state index >= 15 is 0 Å². The SMILES string of the molecule is COc1ccc(NC(=O)[C@H]2C[C@@H](c3ccc(F)c(C)c3)CN(Cc3ccccc3Cl)C2)c(OC)c1. The fraction of sp³-hybridized carbons (Fsp3) is 0.321. The summed E-state index contributed by atoms with van der Waals surface area (Å²) in [5.74, 6) is 0.689. The molecule has 0 unspecified atom stereocenters. The maximum Gasteiger partial charge on any atom is 0.228 e. The quantitative estimate of drug-likeness (QED) is 0.432. The third-order valence-electron chi connectivity index (χ3n) is 6.57. The van der Waals surface area contributed by atoms with Crippen LogP contribution in [0.4, 0.5) is 10.1 Å². The number of nitrogens with zero attached hydrogens (tertiary/aromatic N) is 1. The first kappa shape index (κ1) is 25.0. The van der Waals surface area contributed by atoms with E-state index in [2.05, 4.69) is 10.2 Å². The molecule has 5 nitrogen and oxygen atoms in total. The summed E-state index contributed by atoms with van der Waals surface area (Å²) in [7, 11) is 3.14. The second-order valence-corrected chi connectivity index (χ2v) is 9.39. The molecule has 4 rings (SSSR count). The van der Waals surface area contributed by atoms with Crippen LogP contribution in [0, 0.1) is 18.7 Å². The predicted molar refractivity (Wildman–Crippen MR) is 137 cm³/mol. The average Bonchev–Trinajstić information content (AvgIpc) is 2.87. The summed E-state index contributed by atoms with van der Waals surface area (Å²) in [6.07, 6.45) is 0.661. The average molecular weight is 497 g/mol. The third kappa shape index (κ3) is 5.95. The summed E-state index contributed by atoms with van der Waals surface area (Å²) in [6.45, 7) is 3.74. The number of anilines is 1. The molecular formula is C28H30ClFN2O3. The van der Waals surface area contributed by atoms with Crippen LogP contribution in [-0.2, 0) is 11.3 Å². The molecule has 1 saturated heterocycles. The Hall–Kier alpha value is -3.09. The molecule has 1 aliphatic rings. The summed E-state index contributed by atoms with van der Waals surface area (Å²) in [5.41, 5.74) is 3.25. The Bertz CT molecular complexity index is 1200. The lowest BCUT2D eigenvalue weighted by Gasteiger charge is -2.37. The Labute approximate surface area is 210 Å². The largest absolute Gasteiger partial charge is 0.497 e. The van der Waals surface area contributed by atoms with Gasteiger partial charge in [0.1, 0.15) is 17.3 Å². The molecule has 184 valence electrons. The number of amides is 1. The fourth-order valence-corrected chi connectivity index (χ4v) is 4.87. The van der Waals surface area contributed by atoms with Gasteiger partial charge in [0.25, 0.3) is 0 Å². The van der Waals surface area contributed by atoms with Crippen LogP contribution in [0.25, 0.3) is 0 Å². The van der Waals surface area contributed by atoms with E-state index in [1.54, 1.807) is 39.3 Å². The van der Waals surface area contributed by atoms with Crippen molar-refractivity contribution in [3.63, 3.8) is 0 Å². The van der Waals surface area contributed by atoms with Gasteiger partial charge >= 0.3 is 0 Å². The van der Waals surface area contributed by atoms with Gasteiger partial charge in [0.2, 0.25) is 5.91 Å². The Morgan fingerprint density at radius 2 is 1.89 bits per heavy atom.